The van der Waals surface area contributed by atoms with Gasteiger partial charge in [-0.05, 0) is 6.92 Å². The Morgan fingerprint density at radius 1 is 1.62 bits per heavy atom. The fourth-order valence-electron chi connectivity index (χ4n) is 0.192. The van der Waals surface area contributed by atoms with Crippen molar-refractivity contribution >= 4 is 17.7 Å². The molecule has 0 atom stereocenters. The first-order valence-electron chi connectivity index (χ1n) is 1.94. The van der Waals surface area contributed by atoms with Gasteiger partial charge in [0.25, 0.3) is 0 Å². The highest BCUT2D eigenvalue weighted by Gasteiger charge is 2.23. The van der Waals surface area contributed by atoms with Crippen LogP contribution in [0, 0.1) is 0 Å². The van der Waals surface area contributed by atoms with Crippen LogP contribution in [0.25, 0.3) is 0 Å². The third-order valence-electron chi connectivity index (χ3n) is 0.404. The van der Waals surface area contributed by atoms with Crippen molar-refractivity contribution in [3.63, 3.8) is 0 Å². The predicted octanol–water partition coefficient (Wildman–Crippen LogP) is 0.241. The van der Waals surface area contributed by atoms with E-state index in [0.29, 0.717) is 5.75 Å². The zero-order valence-electron chi connectivity index (χ0n) is 4.31. The molecule has 4 nitrogen and oxygen atoms in total. The van der Waals surface area contributed by atoms with Crippen LogP contribution in [0.2, 0.25) is 0 Å². The highest BCUT2D eigenvalue weighted by atomic mass is 32.5. The molecule has 3 N–H and O–H groups in total. The van der Waals surface area contributed by atoms with Gasteiger partial charge in [0.2, 0.25) is 10.9 Å². The van der Waals surface area contributed by atoms with Gasteiger partial charge in [-0.3, -0.25) is 9.79 Å². The summed E-state index contributed by atoms with van der Waals surface area (Å²) in [5, 5.41) is 7.75. The second-order valence-electron chi connectivity index (χ2n) is 0.990. The molecule has 0 aliphatic rings. The van der Waals surface area contributed by atoms with Crippen molar-refractivity contribution in [3.05, 3.63) is 0 Å². The molecule has 0 amide bonds. The lowest BCUT2D eigenvalue weighted by molar-refractivity contribution is -0.147. The van der Waals surface area contributed by atoms with Crippen molar-refractivity contribution in [1.29, 1.82) is 0 Å². The monoisotopic (exact) mass is 159 g/mol. The number of hydrogen-bond acceptors (Lipinski definition) is 2. The van der Waals surface area contributed by atoms with Crippen LogP contribution in [0.4, 0.5) is 0 Å². The summed E-state index contributed by atoms with van der Waals surface area (Å²) in [6, 6.07) is 0. The SMILES string of the molecule is CC[S+]=P(O)(O)OO. The molecule has 0 aliphatic heterocycles. The summed E-state index contributed by atoms with van der Waals surface area (Å²) in [5.41, 5.74) is 0. The van der Waals surface area contributed by atoms with Gasteiger partial charge < -0.3 is 0 Å². The fourth-order valence-corrected chi connectivity index (χ4v) is 1.73. The van der Waals surface area contributed by atoms with E-state index in [0.717, 1.165) is 10.9 Å². The number of hydrogen-bond donors (Lipinski definition) is 3. The van der Waals surface area contributed by atoms with Crippen molar-refractivity contribution in [1.82, 2.24) is 0 Å². The summed E-state index contributed by atoms with van der Waals surface area (Å²) in [6.45, 7) is -1.72. The Hall–Kier alpha value is 0.490. The molecule has 0 radical (unpaired) electrons. The third-order valence-corrected chi connectivity index (χ3v) is 3.19. The second kappa shape index (κ2) is 3.50. The Labute approximate surface area is 50.9 Å². The van der Waals surface area contributed by atoms with E-state index in [1.807, 2.05) is 0 Å². The maximum atomic E-state index is 8.48. The molecule has 0 aromatic heterocycles. The molecule has 0 heterocycles. The Kier molecular flexibility index (Phi) is 3.72. The lowest BCUT2D eigenvalue weighted by Crippen LogP contribution is -1.84. The van der Waals surface area contributed by atoms with Gasteiger partial charge >= 0.3 is 6.72 Å². The van der Waals surface area contributed by atoms with E-state index >= 15 is 0 Å². The van der Waals surface area contributed by atoms with Crippen LogP contribution in [0.15, 0.2) is 0 Å². The molecular formula is C2H8O4PS+. The molecule has 0 rings (SSSR count). The van der Waals surface area contributed by atoms with Crippen LogP contribution in [0.5, 0.6) is 0 Å². The lowest BCUT2D eigenvalue weighted by atomic mass is 11.0. The van der Waals surface area contributed by atoms with Gasteiger partial charge in [0, 0.05) is 0 Å². The first-order chi connectivity index (χ1) is 3.62. The molecule has 0 fully saturated rings. The van der Waals surface area contributed by atoms with Crippen molar-refractivity contribution in [2.45, 2.75) is 6.92 Å². The maximum absolute atomic E-state index is 8.48. The topological polar surface area (TPSA) is 69.9 Å². The van der Waals surface area contributed by atoms with Gasteiger partial charge in [-0.15, -0.1) is 4.67 Å². The minimum absolute atomic E-state index is 0.501. The van der Waals surface area contributed by atoms with Gasteiger partial charge in [-0.1, -0.05) is 0 Å². The van der Waals surface area contributed by atoms with E-state index in [-0.39, 0.29) is 0 Å². The van der Waals surface area contributed by atoms with Crippen molar-refractivity contribution in [2.75, 3.05) is 5.75 Å². The normalized spacial score (nSPS) is 11.5. The molecule has 0 spiro atoms. The van der Waals surface area contributed by atoms with Crippen LogP contribution in [-0.2, 0) is 15.6 Å². The molecule has 0 bridgehead atoms. The zero-order valence-corrected chi connectivity index (χ0v) is 6.02. The van der Waals surface area contributed by atoms with Crippen LogP contribution in [-0.4, -0.2) is 20.8 Å². The fraction of sp³-hybridized carbons (Fsp3) is 1.00. The Balaban J connectivity index is 3.88. The average Bonchev–Trinajstić information content (AvgIpc) is 1.67. The molecule has 0 saturated carbocycles. The zero-order chi connectivity index (χ0) is 6.62. The molecule has 0 aliphatic carbocycles. The molecule has 0 aromatic rings. The van der Waals surface area contributed by atoms with E-state index < -0.39 is 6.72 Å². The van der Waals surface area contributed by atoms with Crippen molar-refractivity contribution < 1.29 is 19.7 Å². The Morgan fingerprint density at radius 3 is 2.25 bits per heavy atom. The van der Waals surface area contributed by atoms with Crippen LogP contribution >= 0.6 is 6.72 Å². The minimum atomic E-state index is -3.45. The van der Waals surface area contributed by atoms with E-state index in [4.69, 9.17) is 15.0 Å². The van der Waals surface area contributed by atoms with E-state index in [9.17, 15) is 0 Å². The van der Waals surface area contributed by atoms with Crippen LogP contribution in [0.3, 0.4) is 0 Å². The van der Waals surface area contributed by atoms with E-state index in [2.05, 4.69) is 4.67 Å². The molecule has 0 saturated heterocycles. The Bertz CT molecular complexity index is 107. The molecule has 0 aromatic carbocycles. The highest BCUT2D eigenvalue weighted by molar-refractivity contribution is 8.16. The quantitative estimate of drug-likeness (QED) is 0.233. The van der Waals surface area contributed by atoms with Gasteiger partial charge in [-0.25, -0.2) is 5.26 Å². The van der Waals surface area contributed by atoms with Crippen LogP contribution in [0.1, 0.15) is 6.92 Å². The highest BCUT2D eigenvalue weighted by Crippen LogP contribution is 2.37. The predicted molar refractivity (Wildman–Crippen MR) is 33.0 cm³/mol. The molecule has 6 heteroatoms. The van der Waals surface area contributed by atoms with Gasteiger partial charge in [0.05, 0.1) is 0 Å². The molecule has 8 heavy (non-hydrogen) atoms. The van der Waals surface area contributed by atoms with E-state index in [1.54, 1.807) is 6.92 Å². The van der Waals surface area contributed by atoms with Gasteiger partial charge in [0.1, 0.15) is 0 Å². The lowest BCUT2D eigenvalue weighted by Gasteiger charge is -1.89. The number of rotatable bonds is 2. The summed E-state index contributed by atoms with van der Waals surface area (Å²) in [6.07, 6.45) is 0. The Morgan fingerprint density at radius 2 is 2.12 bits per heavy atom. The van der Waals surface area contributed by atoms with E-state index in [1.165, 1.54) is 0 Å². The van der Waals surface area contributed by atoms with Crippen molar-refractivity contribution in [2.24, 2.45) is 0 Å². The largest absolute Gasteiger partial charge is 0.545 e. The van der Waals surface area contributed by atoms with Gasteiger partial charge in [0.15, 0.2) is 5.75 Å². The summed E-state index contributed by atoms with van der Waals surface area (Å²) >= 11 is 0. The maximum Gasteiger partial charge on any atom is 0.545 e. The molecule has 0 unspecified atom stereocenters. The minimum Gasteiger partial charge on any atom is -0.288 e. The van der Waals surface area contributed by atoms with Crippen LogP contribution < -0.4 is 0 Å². The summed E-state index contributed by atoms with van der Waals surface area (Å²) in [7, 11) is 0.784. The first-order valence-corrected chi connectivity index (χ1v) is 5.15. The molecule has 50 valence electrons. The summed E-state index contributed by atoms with van der Waals surface area (Å²) in [5.74, 6) is 0.501. The van der Waals surface area contributed by atoms with Crippen molar-refractivity contribution in [3.8, 4) is 0 Å². The summed E-state index contributed by atoms with van der Waals surface area (Å²) in [4.78, 5) is 17.0. The average molecular weight is 159 g/mol. The smallest absolute Gasteiger partial charge is 0.288 e. The van der Waals surface area contributed by atoms with Gasteiger partial charge in [-0.2, -0.15) is 0 Å². The first kappa shape index (κ1) is 8.49. The summed E-state index contributed by atoms with van der Waals surface area (Å²) < 4.78 is 3.36. The molecular weight excluding hydrogens is 151 g/mol. The third kappa shape index (κ3) is 3.49. The second-order valence-corrected chi connectivity index (χ2v) is 5.17. The standard InChI is InChI=1S/C2H7O4PS/c1-2-8-7(4,5)6-3/h2H2,1H3,(H2-,3,4,5)/p+1.